The van der Waals surface area contributed by atoms with Crippen molar-refractivity contribution in [2.75, 3.05) is 18.6 Å². The Hall–Kier alpha value is -3.15. The minimum atomic E-state index is -0.239. The van der Waals surface area contributed by atoms with Gasteiger partial charge in [-0.2, -0.15) is 0 Å². The lowest BCUT2D eigenvalue weighted by Crippen LogP contribution is -2.36. The molecule has 1 atom stereocenters. The highest BCUT2D eigenvalue weighted by molar-refractivity contribution is 5.95. The number of hydrogen-bond donors (Lipinski definition) is 0. The lowest BCUT2D eigenvalue weighted by Gasteiger charge is -2.30. The van der Waals surface area contributed by atoms with Gasteiger partial charge in [-0.05, 0) is 67.3 Å². The number of cyclic esters (lactones) is 1. The van der Waals surface area contributed by atoms with Crippen LogP contribution in [0.2, 0.25) is 0 Å². The fourth-order valence-electron chi connectivity index (χ4n) is 5.27. The number of ether oxygens (including phenoxy) is 2. The third kappa shape index (κ3) is 6.96. The summed E-state index contributed by atoms with van der Waals surface area (Å²) < 4.78 is 9.99. The number of amides is 1. The molecular weight excluding hydrogens is 454 g/mol. The summed E-state index contributed by atoms with van der Waals surface area (Å²) in [6, 6.07) is 16.2. The van der Waals surface area contributed by atoms with Crippen LogP contribution in [0.5, 0.6) is 0 Å². The van der Waals surface area contributed by atoms with Gasteiger partial charge in [0.05, 0.1) is 26.2 Å². The van der Waals surface area contributed by atoms with E-state index in [4.69, 9.17) is 9.47 Å². The summed E-state index contributed by atoms with van der Waals surface area (Å²) in [7, 11) is 1.40. The van der Waals surface area contributed by atoms with Gasteiger partial charge in [0, 0.05) is 18.0 Å². The molecule has 2 fully saturated rings. The van der Waals surface area contributed by atoms with Crippen molar-refractivity contribution >= 4 is 23.5 Å². The molecule has 0 N–H and O–H groups in total. The molecule has 2 aromatic rings. The van der Waals surface area contributed by atoms with Crippen LogP contribution in [-0.4, -0.2) is 31.6 Å². The lowest BCUT2D eigenvalue weighted by atomic mass is 9.88. The van der Waals surface area contributed by atoms with Crippen molar-refractivity contribution in [3.05, 3.63) is 65.2 Å². The van der Waals surface area contributed by atoms with E-state index >= 15 is 0 Å². The second-order valence-electron chi connectivity index (χ2n) is 10.0. The predicted octanol–water partition coefficient (Wildman–Crippen LogP) is 5.40. The normalized spacial score (nSPS) is 18.4. The molecule has 0 radical (unpaired) electrons. The van der Waals surface area contributed by atoms with Gasteiger partial charge in [0.15, 0.2) is 0 Å². The highest BCUT2D eigenvalue weighted by Crippen LogP contribution is 2.30. The van der Waals surface area contributed by atoms with Crippen LogP contribution in [0.25, 0.3) is 0 Å². The Bertz CT molecular complexity index is 1040. The number of aryl methyl sites for hydroxylation is 1. The van der Waals surface area contributed by atoms with Gasteiger partial charge in [-0.25, -0.2) is 0 Å². The van der Waals surface area contributed by atoms with Crippen LogP contribution in [0.4, 0.5) is 5.69 Å². The van der Waals surface area contributed by atoms with E-state index in [0.29, 0.717) is 32.4 Å². The summed E-state index contributed by atoms with van der Waals surface area (Å²) in [6.45, 7) is 1.02. The number of benzene rings is 2. The maximum absolute atomic E-state index is 13.7. The molecule has 4 rings (SSSR count). The van der Waals surface area contributed by atoms with Gasteiger partial charge >= 0.3 is 11.9 Å². The predicted molar refractivity (Wildman–Crippen MR) is 138 cm³/mol. The zero-order valence-electron chi connectivity index (χ0n) is 21.2. The van der Waals surface area contributed by atoms with Gasteiger partial charge in [-0.1, -0.05) is 55.7 Å². The zero-order valence-corrected chi connectivity index (χ0v) is 21.2. The molecule has 1 saturated heterocycles. The average molecular weight is 492 g/mol. The first-order valence-electron chi connectivity index (χ1n) is 13.2. The van der Waals surface area contributed by atoms with Crippen molar-refractivity contribution in [2.45, 2.75) is 70.8 Å². The summed E-state index contributed by atoms with van der Waals surface area (Å²) in [5.74, 6) is -0.177. The van der Waals surface area contributed by atoms with E-state index in [1.807, 2.05) is 29.2 Å². The van der Waals surface area contributed by atoms with Gasteiger partial charge in [-0.3, -0.25) is 14.4 Å². The molecule has 1 heterocycles. The molecule has 1 saturated carbocycles. The Morgan fingerprint density at radius 3 is 2.42 bits per heavy atom. The number of rotatable bonds is 9. The van der Waals surface area contributed by atoms with E-state index in [1.165, 1.54) is 13.5 Å². The molecule has 2 aromatic carbocycles. The van der Waals surface area contributed by atoms with Crippen LogP contribution in [0, 0.1) is 11.8 Å². The maximum Gasteiger partial charge on any atom is 0.309 e. The maximum atomic E-state index is 13.7. The number of anilines is 1. The monoisotopic (exact) mass is 491 g/mol. The van der Waals surface area contributed by atoms with Crippen molar-refractivity contribution in [3.63, 3.8) is 0 Å². The van der Waals surface area contributed by atoms with Gasteiger partial charge in [0.1, 0.15) is 0 Å². The van der Waals surface area contributed by atoms with Crippen molar-refractivity contribution < 1.29 is 23.9 Å². The molecule has 1 aliphatic heterocycles. The van der Waals surface area contributed by atoms with Crippen LogP contribution in [0.3, 0.4) is 0 Å². The Morgan fingerprint density at radius 1 is 0.944 bits per heavy atom. The standard InChI is InChI=1S/C30H37NO5/c1-35-28(32)17-16-22-7-5-11-27(20-22)31(29(33)25-8-3-2-4-9-25)21-24-14-12-23(13-15-24)19-26-10-6-18-36-30(26)34/h5,7,11-15,20,25-26H,2-4,6,8-10,16-19,21H2,1H3. The minimum absolute atomic E-state index is 0.0501. The van der Waals surface area contributed by atoms with Crippen molar-refractivity contribution in [1.82, 2.24) is 0 Å². The Labute approximate surface area is 214 Å². The molecule has 1 unspecified atom stereocenters. The molecule has 0 spiro atoms. The third-order valence-corrected chi connectivity index (χ3v) is 7.41. The second-order valence-corrected chi connectivity index (χ2v) is 10.0. The SMILES string of the molecule is COC(=O)CCc1cccc(N(Cc2ccc(CC3CCCOC3=O)cc2)C(=O)C2CCCCC2)c1. The molecule has 6 heteroatoms. The molecule has 0 bridgehead atoms. The molecule has 192 valence electrons. The van der Waals surface area contributed by atoms with E-state index in [1.54, 1.807) is 0 Å². The van der Waals surface area contributed by atoms with Crippen molar-refractivity contribution in [3.8, 4) is 0 Å². The Kier molecular flexibility index (Phi) is 9.15. The molecule has 0 aromatic heterocycles. The van der Waals surface area contributed by atoms with Crippen molar-refractivity contribution in [1.29, 1.82) is 0 Å². The van der Waals surface area contributed by atoms with E-state index in [9.17, 15) is 14.4 Å². The van der Waals surface area contributed by atoms with E-state index in [0.717, 1.165) is 60.9 Å². The number of carbonyl (C=O) groups is 3. The summed E-state index contributed by atoms with van der Waals surface area (Å²) in [4.78, 5) is 39.2. The second kappa shape index (κ2) is 12.7. The summed E-state index contributed by atoms with van der Waals surface area (Å²) in [5.41, 5.74) is 4.03. The van der Waals surface area contributed by atoms with Gasteiger partial charge in [-0.15, -0.1) is 0 Å². The topological polar surface area (TPSA) is 72.9 Å². The molecule has 1 amide bonds. The highest BCUT2D eigenvalue weighted by Gasteiger charge is 2.28. The average Bonchev–Trinajstić information content (AvgIpc) is 2.92. The summed E-state index contributed by atoms with van der Waals surface area (Å²) >= 11 is 0. The van der Waals surface area contributed by atoms with Crippen LogP contribution in [-0.2, 0) is 43.2 Å². The van der Waals surface area contributed by atoms with Crippen molar-refractivity contribution in [2.24, 2.45) is 11.8 Å². The van der Waals surface area contributed by atoms with Gasteiger partial charge in [0.2, 0.25) is 5.91 Å². The largest absolute Gasteiger partial charge is 0.469 e. The zero-order chi connectivity index (χ0) is 25.3. The van der Waals surface area contributed by atoms with Crippen LogP contribution >= 0.6 is 0 Å². The third-order valence-electron chi connectivity index (χ3n) is 7.41. The summed E-state index contributed by atoms with van der Waals surface area (Å²) in [5, 5.41) is 0. The smallest absolute Gasteiger partial charge is 0.309 e. The first-order chi connectivity index (χ1) is 17.5. The molecular formula is C30H37NO5. The lowest BCUT2D eigenvalue weighted by molar-refractivity contribution is -0.152. The number of methoxy groups -OCH3 is 1. The first kappa shape index (κ1) is 25.9. The van der Waals surface area contributed by atoms with Gasteiger partial charge < -0.3 is 14.4 Å². The van der Waals surface area contributed by atoms with Crippen LogP contribution in [0.1, 0.15) is 68.1 Å². The molecule has 6 nitrogen and oxygen atoms in total. The van der Waals surface area contributed by atoms with Crippen LogP contribution in [0.15, 0.2) is 48.5 Å². The molecule has 36 heavy (non-hydrogen) atoms. The minimum Gasteiger partial charge on any atom is -0.469 e. The number of esters is 2. The first-order valence-corrected chi connectivity index (χ1v) is 13.2. The Morgan fingerprint density at radius 2 is 1.69 bits per heavy atom. The number of carbonyl (C=O) groups excluding carboxylic acids is 3. The van der Waals surface area contributed by atoms with Gasteiger partial charge in [0.25, 0.3) is 0 Å². The van der Waals surface area contributed by atoms with E-state index < -0.39 is 0 Å². The highest BCUT2D eigenvalue weighted by atomic mass is 16.5. The number of nitrogens with zero attached hydrogens (tertiary/aromatic N) is 1. The summed E-state index contributed by atoms with van der Waals surface area (Å²) in [6.07, 6.45) is 8.64. The van der Waals surface area contributed by atoms with E-state index in [-0.39, 0.29) is 29.7 Å². The molecule has 2 aliphatic rings. The Balaban J connectivity index is 1.50. The quantitative estimate of drug-likeness (QED) is 0.439. The molecule has 1 aliphatic carbocycles. The van der Waals surface area contributed by atoms with Crippen LogP contribution < -0.4 is 4.90 Å². The number of hydrogen-bond acceptors (Lipinski definition) is 5. The fourth-order valence-corrected chi connectivity index (χ4v) is 5.27. The van der Waals surface area contributed by atoms with E-state index in [2.05, 4.69) is 24.3 Å². The fraction of sp³-hybridized carbons (Fsp3) is 0.500.